The van der Waals surface area contributed by atoms with Crippen LogP contribution in [0.3, 0.4) is 0 Å². The molecule has 0 atom stereocenters. The predicted octanol–water partition coefficient (Wildman–Crippen LogP) is 10.5. The molecular formula is C44H36N4. The van der Waals surface area contributed by atoms with Crippen molar-refractivity contribution in [2.24, 2.45) is 17.8 Å². The second kappa shape index (κ2) is 11.7. The van der Waals surface area contributed by atoms with Gasteiger partial charge in [-0.1, -0.05) is 103 Å². The van der Waals surface area contributed by atoms with E-state index in [2.05, 4.69) is 84.9 Å². The minimum atomic E-state index is 0.355. The molecule has 0 spiro atoms. The minimum Gasteiger partial charge on any atom is -0.208 e. The summed E-state index contributed by atoms with van der Waals surface area (Å²) in [5, 5.41) is 9.31. The Hall–Kier alpha value is -5.40. The fraction of sp³-hybridized carbons (Fsp3) is 0.227. The Balaban J connectivity index is 1.15. The summed E-state index contributed by atoms with van der Waals surface area (Å²) in [7, 11) is 0. The lowest BCUT2D eigenvalue weighted by atomic mass is 9.48. The zero-order valence-corrected chi connectivity index (χ0v) is 26.9. The first-order valence-electron chi connectivity index (χ1n) is 17.3. The zero-order chi connectivity index (χ0) is 32.1. The fourth-order valence-corrected chi connectivity index (χ4v) is 9.29. The van der Waals surface area contributed by atoms with Crippen molar-refractivity contribution < 1.29 is 0 Å². The molecule has 5 aromatic carbocycles. The van der Waals surface area contributed by atoms with E-state index in [1.54, 1.807) is 0 Å². The molecule has 0 radical (unpaired) electrons. The van der Waals surface area contributed by atoms with Gasteiger partial charge in [-0.15, -0.1) is 0 Å². The first kappa shape index (κ1) is 28.8. The summed E-state index contributed by atoms with van der Waals surface area (Å²) in [5.74, 6) is 4.74. The van der Waals surface area contributed by atoms with Crippen molar-refractivity contribution in [3.8, 4) is 62.5 Å². The van der Waals surface area contributed by atoms with Crippen LogP contribution in [0.25, 0.3) is 56.4 Å². The maximum Gasteiger partial charge on any atom is 0.164 e. The van der Waals surface area contributed by atoms with Crippen molar-refractivity contribution in [3.63, 3.8) is 0 Å². The third-order valence-electron chi connectivity index (χ3n) is 11.2. The summed E-state index contributed by atoms with van der Waals surface area (Å²) in [5.41, 5.74) is 9.69. The van der Waals surface area contributed by atoms with Crippen LogP contribution >= 0.6 is 0 Å². The number of rotatable bonds is 6. The molecule has 10 rings (SSSR count). The number of nitriles is 1. The van der Waals surface area contributed by atoms with Gasteiger partial charge in [0.15, 0.2) is 17.5 Å². The van der Waals surface area contributed by atoms with Gasteiger partial charge in [-0.05, 0) is 114 Å². The maximum atomic E-state index is 9.31. The molecule has 0 amide bonds. The molecule has 48 heavy (non-hydrogen) atoms. The van der Waals surface area contributed by atoms with E-state index in [4.69, 9.17) is 15.0 Å². The van der Waals surface area contributed by atoms with E-state index in [0.29, 0.717) is 28.5 Å². The van der Waals surface area contributed by atoms with Gasteiger partial charge in [-0.25, -0.2) is 15.0 Å². The molecule has 4 nitrogen and oxygen atoms in total. The van der Waals surface area contributed by atoms with Gasteiger partial charge in [-0.2, -0.15) is 5.26 Å². The van der Waals surface area contributed by atoms with Gasteiger partial charge < -0.3 is 0 Å². The highest BCUT2D eigenvalue weighted by atomic mass is 15.0. The van der Waals surface area contributed by atoms with Crippen LogP contribution in [0.1, 0.15) is 49.7 Å². The number of nitrogens with zero attached hydrogens (tertiary/aromatic N) is 4. The van der Waals surface area contributed by atoms with Crippen LogP contribution in [0.4, 0.5) is 0 Å². The van der Waals surface area contributed by atoms with Crippen LogP contribution in [0.5, 0.6) is 0 Å². The number of hydrogen-bond acceptors (Lipinski definition) is 4. The van der Waals surface area contributed by atoms with E-state index in [-0.39, 0.29) is 0 Å². The van der Waals surface area contributed by atoms with Crippen LogP contribution in [0.15, 0.2) is 127 Å². The van der Waals surface area contributed by atoms with Crippen LogP contribution in [0.2, 0.25) is 0 Å². The van der Waals surface area contributed by atoms with E-state index >= 15 is 0 Å². The average molecular weight is 621 g/mol. The Kier molecular flexibility index (Phi) is 7.01. The first-order chi connectivity index (χ1) is 23.6. The quantitative estimate of drug-likeness (QED) is 0.186. The molecule has 4 bridgehead atoms. The summed E-state index contributed by atoms with van der Waals surface area (Å²) in [6, 6.07) is 46.3. The molecule has 4 aliphatic carbocycles. The van der Waals surface area contributed by atoms with E-state index < -0.39 is 0 Å². The van der Waals surface area contributed by atoms with Gasteiger partial charge in [0.05, 0.1) is 11.6 Å². The first-order valence-corrected chi connectivity index (χ1v) is 17.3. The van der Waals surface area contributed by atoms with Crippen molar-refractivity contribution in [2.75, 3.05) is 0 Å². The second-order valence-electron chi connectivity index (χ2n) is 14.3. The Morgan fingerprint density at radius 2 is 0.979 bits per heavy atom. The maximum absolute atomic E-state index is 9.31. The van der Waals surface area contributed by atoms with Crippen LogP contribution in [-0.2, 0) is 5.41 Å². The predicted molar refractivity (Wildman–Crippen MR) is 192 cm³/mol. The molecule has 0 unspecified atom stereocenters. The van der Waals surface area contributed by atoms with Crippen LogP contribution in [-0.4, -0.2) is 15.0 Å². The standard InChI is InChI=1S/C44H36N4/c45-28-29-11-13-33(14-12-29)37-17-20-39(40(24-37)34-7-3-1-4-8-34)43-47-41(35-9-5-2-6-10-35)46-42(48-43)36-15-18-38(19-16-36)44-25-30-21-31(26-44)23-32(22-30)27-44/h1-20,24,30-32H,21-23,25-27H2/t30-,31-,32-,44?. The highest BCUT2D eigenvalue weighted by Crippen LogP contribution is 2.60. The molecule has 4 fully saturated rings. The summed E-state index contributed by atoms with van der Waals surface area (Å²) in [4.78, 5) is 15.3. The highest BCUT2D eigenvalue weighted by molar-refractivity contribution is 5.86. The van der Waals surface area contributed by atoms with Crippen LogP contribution in [0, 0.1) is 29.1 Å². The van der Waals surface area contributed by atoms with Crippen molar-refractivity contribution in [2.45, 2.75) is 43.9 Å². The Bertz CT molecular complexity index is 2110. The lowest BCUT2D eigenvalue weighted by molar-refractivity contribution is -0.00518. The Labute approximate surface area is 282 Å². The summed E-state index contributed by atoms with van der Waals surface area (Å²) in [6.07, 6.45) is 8.42. The van der Waals surface area contributed by atoms with Gasteiger partial charge in [0, 0.05) is 16.7 Å². The lowest BCUT2D eigenvalue weighted by Crippen LogP contribution is -2.48. The van der Waals surface area contributed by atoms with Gasteiger partial charge in [0.1, 0.15) is 0 Å². The fourth-order valence-electron chi connectivity index (χ4n) is 9.29. The molecule has 4 aliphatic rings. The van der Waals surface area contributed by atoms with Gasteiger partial charge in [0.2, 0.25) is 0 Å². The molecule has 0 aliphatic heterocycles. The third kappa shape index (κ3) is 5.20. The minimum absolute atomic E-state index is 0.355. The van der Waals surface area contributed by atoms with Gasteiger partial charge >= 0.3 is 0 Å². The number of aromatic nitrogens is 3. The Morgan fingerprint density at radius 3 is 1.56 bits per heavy atom. The molecule has 232 valence electrons. The topological polar surface area (TPSA) is 62.5 Å². The third-order valence-corrected chi connectivity index (χ3v) is 11.2. The molecule has 4 heteroatoms. The van der Waals surface area contributed by atoms with Crippen molar-refractivity contribution >= 4 is 0 Å². The highest BCUT2D eigenvalue weighted by Gasteiger charge is 2.51. The molecule has 0 saturated heterocycles. The second-order valence-corrected chi connectivity index (χ2v) is 14.3. The summed E-state index contributed by atoms with van der Waals surface area (Å²) < 4.78 is 0. The van der Waals surface area contributed by atoms with Crippen LogP contribution < -0.4 is 0 Å². The van der Waals surface area contributed by atoms with Crippen molar-refractivity contribution in [1.82, 2.24) is 15.0 Å². The molecular weight excluding hydrogens is 585 g/mol. The largest absolute Gasteiger partial charge is 0.208 e. The monoisotopic (exact) mass is 620 g/mol. The van der Waals surface area contributed by atoms with E-state index in [1.165, 1.54) is 44.1 Å². The van der Waals surface area contributed by atoms with Gasteiger partial charge in [0.25, 0.3) is 0 Å². The van der Waals surface area contributed by atoms with E-state index in [0.717, 1.165) is 56.7 Å². The molecule has 4 saturated carbocycles. The normalized spacial score (nSPS) is 22.4. The number of benzene rings is 5. The molecule has 1 heterocycles. The van der Waals surface area contributed by atoms with E-state index in [1.807, 2.05) is 48.5 Å². The molecule has 6 aromatic rings. The lowest BCUT2D eigenvalue weighted by Gasteiger charge is -2.57. The summed E-state index contributed by atoms with van der Waals surface area (Å²) in [6.45, 7) is 0. The zero-order valence-electron chi connectivity index (χ0n) is 26.9. The molecule has 0 N–H and O–H groups in total. The van der Waals surface area contributed by atoms with Gasteiger partial charge in [-0.3, -0.25) is 0 Å². The van der Waals surface area contributed by atoms with Crippen molar-refractivity contribution in [1.29, 1.82) is 5.26 Å². The summed E-state index contributed by atoms with van der Waals surface area (Å²) >= 11 is 0. The van der Waals surface area contributed by atoms with Crippen molar-refractivity contribution in [3.05, 3.63) is 139 Å². The molecule has 1 aromatic heterocycles. The number of hydrogen-bond donors (Lipinski definition) is 0. The smallest absolute Gasteiger partial charge is 0.164 e. The Morgan fingerprint density at radius 1 is 0.479 bits per heavy atom. The van der Waals surface area contributed by atoms with E-state index in [9.17, 15) is 5.26 Å². The SMILES string of the molecule is N#Cc1ccc(-c2ccc(-c3nc(-c4ccccc4)nc(-c4ccc(C56C[C@H]7C[C@H](C5)C[C@@H](C6)C7)cc4)n3)c(-c3ccccc3)c2)cc1. The average Bonchev–Trinajstić information content (AvgIpc) is 3.15.